The Balaban J connectivity index is 1.53. The molecule has 3 aromatic rings. The minimum Gasteiger partial charge on any atom is -0.388 e. The van der Waals surface area contributed by atoms with Gasteiger partial charge in [-0.05, 0) is 35.2 Å². The summed E-state index contributed by atoms with van der Waals surface area (Å²) in [6, 6.07) is 27.1. The number of rotatable bonds is 6. The van der Waals surface area contributed by atoms with E-state index in [1.165, 1.54) is 0 Å². The summed E-state index contributed by atoms with van der Waals surface area (Å²) in [4.78, 5) is 12.2. The molecule has 0 saturated heterocycles. The third-order valence-electron chi connectivity index (χ3n) is 4.14. The number of aliphatic hydroxyl groups is 1. The summed E-state index contributed by atoms with van der Waals surface area (Å²) in [7, 11) is 0. The summed E-state index contributed by atoms with van der Waals surface area (Å²) in [5.74, 6) is -0.125. The van der Waals surface area contributed by atoms with Gasteiger partial charge in [0.25, 0.3) is 5.91 Å². The van der Waals surface area contributed by atoms with Crippen LogP contribution < -0.4 is 5.32 Å². The summed E-state index contributed by atoms with van der Waals surface area (Å²) >= 11 is 0. The Hall–Kier alpha value is -2.91. The van der Waals surface area contributed by atoms with Crippen molar-refractivity contribution in [2.75, 3.05) is 6.54 Å². The average Bonchev–Trinajstić information content (AvgIpc) is 2.69. The number of carbonyl (C=O) groups is 1. The van der Waals surface area contributed by atoms with Gasteiger partial charge in [0.05, 0.1) is 6.10 Å². The van der Waals surface area contributed by atoms with Crippen LogP contribution in [0.5, 0.6) is 0 Å². The third-order valence-corrected chi connectivity index (χ3v) is 4.14. The number of hydrogen-bond acceptors (Lipinski definition) is 2. The predicted octanol–water partition coefficient (Wildman–Crippen LogP) is 4.21. The maximum absolute atomic E-state index is 12.2. The molecular weight excluding hydrogens is 310 g/mol. The van der Waals surface area contributed by atoms with Crippen molar-refractivity contribution >= 4 is 5.91 Å². The topological polar surface area (TPSA) is 49.3 Å². The molecule has 0 aromatic heterocycles. The van der Waals surface area contributed by atoms with Crippen molar-refractivity contribution in [3.63, 3.8) is 0 Å². The van der Waals surface area contributed by atoms with Crippen molar-refractivity contribution in [2.24, 2.45) is 0 Å². The first-order valence-corrected chi connectivity index (χ1v) is 8.41. The van der Waals surface area contributed by atoms with Crippen molar-refractivity contribution < 1.29 is 9.90 Å². The van der Waals surface area contributed by atoms with Crippen molar-refractivity contribution in [1.29, 1.82) is 0 Å². The van der Waals surface area contributed by atoms with Gasteiger partial charge in [-0.25, -0.2) is 0 Å². The van der Waals surface area contributed by atoms with E-state index in [9.17, 15) is 9.90 Å². The lowest BCUT2D eigenvalue weighted by Crippen LogP contribution is -2.25. The number of aliphatic hydroxyl groups excluding tert-OH is 1. The minimum atomic E-state index is -0.568. The van der Waals surface area contributed by atoms with Crippen molar-refractivity contribution in [3.8, 4) is 11.1 Å². The second-order valence-corrected chi connectivity index (χ2v) is 5.91. The molecule has 0 aliphatic carbocycles. The van der Waals surface area contributed by atoms with E-state index in [0.717, 1.165) is 16.7 Å². The van der Waals surface area contributed by atoms with Crippen LogP contribution in [-0.2, 0) is 0 Å². The smallest absolute Gasteiger partial charge is 0.251 e. The van der Waals surface area contributed by atoms with Crippen LogP contribution >= 0.6 is 0 Å². The number of hydrogen-bond donors (Lipinski definition) is 2. The molecule has 0 aliphatic rings. The summed E-state index contributed by atoms with van der Waals surface area (Å²) in [5.41, 5.74) is 3.69. The lowest BCUT2D eigenvalue weighted by atomic mass is 10.0. The maximum Gasteiger partial charge on any atom is 0.251 e. The molecule has 0 fully saturated rings. The van der Waals surface area contributed by atoms with Crippen LogP contribution in [0.15, 0.2) is 84.9 Å². The lowest BCUT2D eigenvalue weighted by molar-refractivity contribution is 0.0942. The highest BCUT2D eigenvalue weighted by Gasteiger charge is 2.09. The fourth-order valence-corrected chi connectivity index (χ4v) is 2.71. The zero-order chi connectivity index (χ0) is 17.5. The van der Waals surface area contributed by atoms with E-state index < -0.39 is 6.10 Å². The van der Waals surface area contributed by atoms with Crippen LogP contribution in [0.1, 0.15) is 28.4 Å². The molecule has 1 amide bonds. The highest BCUT2D eigenvalue weighted by atomic mass is 16.3. The summed E-state index contributed by atoms with van der Waals surface area (Å²) in [6.07, 6.45) is -0.0837. The SMILES string of the molecule is O=C(NCCC(O)c1ccccc1)c1ccc(-c2ccccc2)cc1. The van der Waals surface area contributed by atoms with Crippen LogP contribution in [0, 0.1) is 0 Å². The summed E-state index contributed by atoms with van der Waals surface area (Å²) in [6.45, 7) is 0.426. The Morgan fingerprint density at radius 2 is 1.36 bits per heavy atom. The van der Waals surface area contributed by atoms with Gasteiger partial charge in [-0.1, -0.05) is 72.8 Å². The van der Waals surface area contributed by atoms with Crippen molar-refractivity contribution in [3.05, 3.63) is 96.1 Å². The Bertz CT molecular complexity index is 798. The Kier molecular flexibility index (Phi) is 5.60. The van der Waals surface area contributed by atoms with Gasteiger partial charge in [-0.2, -0.15) is 0 Å². The van der Waals surface area contributed by atoms with Gasteiger partial charge in [-0.3, -0.25) is 4.79 Å². The zero-order valence-electron chi connectivity index (χ0n) is 13.9. The fraction of sp³-hybridized carbons (Fsp3) is 0.136. The number of benzene rings is 3. The maximum atomic E-state index is 12.2. The van der Waals surface area contributed by atoms with Crippen molar-refractivity contribution in [1.82, 2.24) is 5.32 Å². The van der Waals surface area contributed by atoms with Crippen LogP contribution in [0.25, 0.3) is 11.1 Å². The van der Waals surface area contributed by atoms with Gasteiger partial charge in [0.1, 0.15) is 0 Å². The quantitative estimate of drug-likeness (QED) is 0.711. The average molecular weight is 331 g/mol. The second kappa shape index (κ2) is 8.27. The number of nitrogens with one attached hydrogen (secondary N) is 1. The van der Waals surface area contributed by atoms with Gasteiger partial charge in [-0.15, -0.1) is 0 Å². The molecule has 0 bridgehead atoms. The monoisotopic (exact) mass is 331 g/mol. The van der Waals surface area contributed by atoms with E-state index >= 15 is 0 Å². The first-order valence-electron chi connectivity index (χ1n) is 8.41. The number of carbonyl (C=O) groups excluding carboxylic acids is 1. The minimum absolute atomic E-state index is 0.125. The molecule has 2 N–H and O–H groups in total. The molecule has 3 aromatic carbocycles. The van der Waals surface area contributed by atoms with Gasteiger partial charge in [0.15, 0.2) is 0 Å². The standard InChI is InChI=1S/C22H21NO2/c24-21(19-9-5-2-6-10-19)15-16-23-22(25)20-13-11-18(12-14-20)17-7-3-1-4-8-17/h1-14,21,24H,15-16H2,(H,23,25). The first kappa shape index (κ1) is 16.9. The molecule has 0 spiro atoms. The first-order chi connectivity index (χ1) is 12.2. The van der Waals surface area contributed by atoms with E-state index in [-0.39, 0.29) is 5.91 Å². The molecule has 3 heteroatoms. The van der Waals surface area contributed by atoms with Crippen LogP contribution in [0.4, 0.5) is 0 Å². The normalized spacial score (nSPS) is 11.7. The molecule has 25 heavy (non-hydrogen) atoms. The molecule has 0 aliphatic heterocycles. The largest absolute Gasteiger partial charge is 0.388 e. The number of amides is 1. The van der Waals surface area contributed by atoms with Gasteiger partial charge < -0.3 is 10.4 Å². The molecule has 3 nitrogen and oxygen atoms in total. The van der Waals surface area contributed by atoms with Crippen molar-refractivity contribution in [2.45, 2.75) is 12.5 Å². The van der Waals surface area contributed by atoms with E-state index in [4.69, 9.17) is 0 Å². The van der Waals surface area contributed by atoms with E-state index in [0.29, 0.717) is 18.5 Å². The highest BCUT2D eigenvalue weighted by molar-refractivity contribution is 5.94. The van der Waals surface area contributed by atoms with Gasteiger partial charge in [0, 0.05) is 12.1 Å². The molecule has 0 radical (unpaired) electrons. The predicted molar refractivity (Wildman–Crippen MR) is 100 cm³/mol. The summed E-state index contributed by atoms with van der Waals surface area (Å²) < 4.78 is 0. The Morgan fingerprint density at radius 3 is 2.00 bits per heavy atom. The van der Waals surface area contributed by atoms with E-state index in [1.54, 1.807) is 0 Å². The molecule has 1 unspecified atom stereocenters. The summed E-state index contributed by atoms with van der Waals surface area (Å²) in [5, 5.41) is 13.0. The Labute approximate surface area is 148 Å². The molecule has 0 heterocycles. The third kappa shape index (κ3) is 4.55. The highest BCUT2D eigenvalue weighted by Crippen LogP contribution is 2.19. The van der Waals surface area contributed by atoms with Crippen LogP contribution in [0.2, 0.25) is 0 Å². The molecule has 3 rings (SSSR count). The lowest BCUT2D eigenvalue weighted by Gasteiger charge is -2.12. The molecular formula is C22H21NO2. The van der Waals surface area contributed by atoms with Crippen LogP contribution in [-0.4, -0.2) is 17.6 Å². The fourth-order valence-electron chi connectivity index (χ4n) is 2.71. The molecule has 0 saturated carbocycles. The second-order valence-electron chi connectivity index (χ2n) is 5.91. The van der Waals surface area contributed by atoms with Crippen LogP contribution in [0.3, 0.4) is 0 Å². The van der Waals surface area contributed by atoms with E-state index in [1.807, 2.05) is 84.9 Å². The van der Waals surface area contributed by atoms with Gasteiger partial charge >= 0.3 is 0 Å². The zero-order valence-corrected chi connectivity index (χ0v) is 13.9. The molecule has 126 valence electrons. The van der Waals surface area contributed by atoms with E-state index in [2.05, 4.69) is 5.32 Å². The van der Waals surface area contributed by atoms with Gasteiger partial charge in [0.2, 0.25) is 0 Å². The molecule has 1 atom stereocenters. The Morgan fingerprint density at radius 1 is 0.800 bits per heavy atom.